The van der Waals surface area contributed by atoms with Crippen molar-refractivity contribution in [2.24, 2.45) is 0 Å². The number of rotatable bonds is 16. The summed E-state index contributed by atoms with van der Waals surface area (Å²) >= 11 is 0. The summed E-state index contributed by atoms with van der Waals surface area (Å²) in [5.41, 5.74) is 27.1. The average molecular weight is 1680 g/mol. The van der Waals surface area contributed by atoms with Crippen LogP contribution < -0.4 is 18.9 Å². The van der Waals surface area contributed by atoms with Gasteiger partial charge in [0.15, 0.2) is 23.0 Å². The standard InChI is InChI=1S/C108H84N12O8/c1-9-41-109-89(17-1)97-61-81(62-98(117-97)90-18-2-10-42-110-90)73-25-33-77(34-26-73)85-69-105-106(70-86(85)78-35-27-74(28-36-78)82-63-99(91-19-3-11-43-111-91)118-100(64-82)92-20-4-12-44-112-92)126-58-54-122-51-52-124-56-60-128-108-72-88(80-39-31-76(32-40-80)84-67-103(95-23-7-15-47-115-95)120-104(68-84)96-24-8-16-48-116-96)87(71-107(108)127-59-55-123-50-49-121-53-57-125-105)79-37-29-75(30-38-79)83-65-101(93-21-5-13-45-113-93)119-102(66-83)94-22-6-14-46-114-94/h1-48,61-72H,49-60H2. The number of hydrogen-bond donors (Lipinski definition) is 0. The Bertz CT molecular complexity index is 5720. The Morgan fingerprint density at radius 1 is 0.141 bits per heavy atom. The highest BCUT2D eigenvalue weighted by Crippen LogP contribution is 2.46. The van der Waals surface area contributed by atoms with E-state index in [4.69, 9.17) is 57.8 Å². The first-order valence-electron chi connectivity index (χ1n) is 42.4. The summed E-state index contributed by atoms with van der Waals surface area (Å²) in [5, 5.41) is 0. The molecule has 1 aliphatic rings. The predicted molar refractivity (Wildman–Crippen MR) is 499 cm³/mol. The van der Waals surface area contributed by atoms with Crippen molar-refractivity contribution in [1.82, 2.24) is 59.8 Å². The van der Waals surface area contributed by atoms with E-state index in [2.05, 4.69) is 210 Å². The van der Waals surface area contributed by atoms with Crippen LogP contribution in [0.1, 0.15) is 0 Å². The number of benzene rings is 6. The summed E-state index contributed by atoms with van der Waals surface area (Å²) in [4.78, 5) is 57.7. The van der Waals surface area contributed by atoms with Gasteiger partial charge in [-0.2, -0.15) is 0 Å². The first-order valence-corrected chi connectivity index (χ1v) is 42.4. The molecule has 20 heteroatoms. The molecule has 0 unspecified atom stereocenters. The van der Waals surface area contributed by atoms with Gasteiger partial charge in [-0.3, -0.25) is 39.9 Å². The molecule has 128 heavy (non-hydrogen) atoms. The molecule has 0 saturated heterocycles. The highest BCUT2D eigenvalue weighted by atomic mass is 16.6. The minimum atomic E-state index is 0.204. The second-order valence-corrected chi connectivity index (χ2v) is 30.1. The van der Waals surface area contributed by atoms with E-state index in [9.17, 15) is 0 Å². The van der Waals surface area contributed by atoms with Gasteiger partial charge in [-0.15, -0.1) is 0 Å². The first-order chi connectivity index (χ1) is 63.4. The average Bonchev–Trinajstić information content (AvgIpc) is 0.777. The Hall–Kier alpha value is -15.8. The molecule has 6 aromatic carbocycles. The van der Waals surface area contributed by atoms with Crippen LogP contribution in [0.15, 0.2) is 365 Å². The van der Waals surface area contributed by atoms with Crippen LogP contribution in [0.4, 0.5) is 0 Å². The van der Waals surface area contributed by atoms with Crippen LogP contribution in [0.2, 0.25) is 0 Å². The molecule has 12 aromatic heterocycles. The van der Waals surface area contributed by atoms with Gasteiger partial charge in [0.05, 0.1) is 144 Å². The van der Waals surface area contributed by atoms with Gasteiger partial charge >= 0.3 is 0 Å². The molecule has 624 valence electrons. The van der Waals surface area contributed by atoms with Crippen molar-refractivity contribution >= 4 is 0 Å². The minimum Gasteiger partial charge on any atom is -0.487 e. The molecule has 19 rings (SSSR count). The maximum atomic E-state index is 6.76. The minimum absolute atomic E-state index is 0.204. The number of fused-ring (bicyclic) bond motifs is 2. The number of aromatic nitrogens is 12. The van der Waals surface area contributed by atoms with Crippen molar-refractivity contribution in [2.75, 3.05) is 79.3 Å². The normalized spacial score (nSPS) is 13.1. The van der Waals surface area contributed by atoms with Crippen LogP contribution in [-0.4, -0.2) is 139 Å². The number of hydrogen-bond acceptors (Lipinski definition) is 20. The quantitative estimate of drug-likeness (QED) is 0.0875. The zero-order valence-corrected chi connectivity index (χ0v) is 69.8. The monoisotopic (exact) mass is 1680 g/mol. The van der Waals surface area contributed by atoms with Crippen molar-refractivity contribution in [1.29, 1.82) is 0 Å². The van der Waals surface area contributed by atoms with E-state index in [0.29, 0.717) is 49.4 Å². The molecule has 18 aromatic rings. The molecule has 0 amide bonds. The third-order valence-corrected chi connectivity index (χ3v) is 21.7. The summed E-state index contributed by atoms with van der Waals surface area (Å²) in [6.07, 6.45) is 14.2. The van der Waals surface area contributed by atoms with E-state index in [1.807, 2.05) is 146 Å². The Labute approximate surface area is 740 Å². The Morgan fingerprint density at radius 3 is 0.453 bits per heavy atom. The Balaban J connectivity index is 0.607. The smallest absolute Gasteiger partial charge is 0.161 e. The molecule has 0 N–H and O–H groups in total. The lowest BCUT2D eigenvalue weighted by Gasteiger charge is -2.19. The first kappa shape index (κ1) is 81.8. The van der Waals surface area contributed by atoms with Crippen molar-refractivity contribution in [3.05, 3.63) is 365 Å². The van der Waals surface area contributed by atoms with Gasteiger partial charge in [0.1, 0.15) is 26.4 Å². The number of pyridine rings is 12. The van der Waals surface area contributed by atoms with Gasteiger partial charge in [0, 0.05) is 49.6 Å². The van der Waals surface area contributed by atoms with Gasteiger partial charge in [0.25, 0.3) is 0 Å². The van der Waals surface area contributed by atoms with Gasteiger partial charge in [0.2, 0.25) is 0 Å². The molecule has 0 saturated carbocycles. The van der Waals surface area contributed by atoms with Crippen LogP contribution in [0, 0.1) is 0 Å². The van der Waals surface area contributed by atoms with E-state index in [-0.39, 0.29) is 52.9 Å². The van der Waals surface area contributed by atoms with E-state index in [1.165, 1.54) is 0 Å². The second-order valence-electron chi connectivity index (χ2n) is 30.1. The summed E-state index contributed by atoms with van der Waals surface area (Å²) in [6.45, 7) is 3.02. The fourth-order valence-electron chi connectivity index (χ4n) is 15.3. The third kappa shape index (κ3) is 19.7. The lowest BCUT2D eigenvalue weighted by molar-refractivity contribution is 0.0223. The molecular weight excluding hydrogens is 1590 g/mol. The molecule has 0 atom stereocenters. The summed E-state index contributed by atoms with van der Waals surface area (Å²) in [5.74, 6) is 2.13. The molecule has 0 fully saturated rings. The number of ether oxygens (including phenoxy) is 8. The maximum absolute atomic E-state index is 6.76. The third-order valence-electron chi connectivity index (χ3n) is 21.7. The SMILES string of the molecule is c1ccc(-c2cc(-c3ccc(-c4cc5c(cc4-c4ccc(-c6cc(-c7ccccn7)nc(-c7ccccn7)c6)cc4)OCCOCCOCCOc4cc(-c6ccc(-c7cc(-c8ccccn8)nc(-c8ccccn8)c7)cc6)c(-c6ccc(-c7cc(-c8ccccn8)nc(-c8ccccn8)c7)cc6)cc4OCCOCCOCCO5)cc3)cc(-c3ccccn3)n2)nc1. The van der Waals surface area contributed by atoms with Crippen molar-refractivity contribution in [3.8, 4) is 203 Å². The largest absolute Gasteiger partial charge is 0.487 e. The van der Waals surface area contributed by atoms with Crippen molar-refractivity contribution < 1.29 is 37.9 Å². The van der Waals surface area contributed by atoms with Crippen LogP contribution in [0.3, 0.4) is 0 Å². The highest BCUT2D eigenvalue weighted by Gasteiger charge is 2.23. The molecule has 1 aliphatic heterocycles. The van der Waals surface area contributed by atoms with E-state index in [1.54, 1.807) is 49.6 Å². The zero-order valence-electron chi connectivity index (χ0n) is 69.8. The predicted octanol–water partition coefficient (Wildman–Crippen LogP) is 22.4. The summed E-state index contributed by atoms with van der Waals surface area (Å²) in [7, 11) is 0. The molecule has 0 radical (unpaired) electrons. The highest BCUT2D eigenvalue weighted by molar-refractivity contribution is 5.91. The Kier molecular flexibility index (Phi) is 25.4. The molecule has 0 spiro atoms. The van der Waals surface area contributed by atoms with Crippen LogP contribution in [-0.2, 0) is 18.9 Å². The zero-order chi connectivity index (χ0) is 85.8. The molecule has 0 aliphatic carbocycles. The lowest BCUT2D eigenvalue weighted by atomic mass is 9.91. The lowest BCUT2D eigenvalue weighted by Crippen LogP contribution is -2.15. The van der Waals surface area contributed by atoms with Crippen LogP contribution >= 0.6 is 0 Å². The van der Waals surface area contributed by atoms with E-state index >= 15 is 0 Å². The summed E-state index contributed by atoms with van der Waals surface area (Å²) in [6, 6.07) is 106. The Morgan fingerprint density at radius 2 is 0.297 bits per heavy atom. The maximum Gasteiger partial charge on any atom is 0.161 e. The molecule has 13 heterocycles. The van der Waals surface area contributed by atoms with E-state index in [0.717, 1.165) is 180 Å². The fraction of sp³-hybridized carbons (Fsp3) is 0.111. The molecule has 20 nitrogen and oxygen atoms in total. The van der Waals surface area contributed by atoms with Gasteiger partial charge in [-0.1, -0.05) is 146 Å². The summed E-state index contributed by atoms with van der Waals surface area (Å²) < 4.78 is 52.1. The fourth-order valence-corrected chi connectivity index (χ4v) is 15.3. The van der Waals surface area contributed by atoms with Gasteiger partial charge in [-0.25, -0.2) is 19.9 Å². The van der Waals surface area contributed by atoms with Crippen molar-refractivity contribution in [3.63, 3.8) is 0 Å². The second kappa shape index (κ2) is 39.8. The van der Waals surface area contributed by atoms with Crippen LogP contribution in [0.5, 0.6) is 23.0 Å². The van der Waals surface area contributed by atoms with Crippen LogP contribution in [0.25, 0.3) is 180 Å². The molecular formula is C108H84N12O8. The van der Waals surface area contributed by atoms with Gasteiger partial charge < -0.3 is 37.9 Å². The van der Waals surface area contributed by atoms with E-state index < -0.39 is 0 Å². The van der Waals surface area contributed by atoms with Crippen molar-refractivity contribution in [2.45, 2.75) is 0 Å². The van der Waals surface area contributed by atoms with Gasteiger partial charge in [-0.05, 0) is 259 Å². The number of nitrogens with zero attached hydrogens (tertiary/aromatic N) is 12. The topological polar surface area (TPSA) is 229 Å². The molecule has 0 bridgehead atoms.